The van der Waals surface area contributed by atoms with Crippen LogP contribution in [0.2, 0.25) is 0 Å². The molecule has 2 aliphatic carbocycles. The zero-order chi connectivity index (χ0) is 22.4. The quantitative estimate of drug-likeness (QED) is 0.671. The number of benzene rings is 1. The lowest BCUT2D eigenvalue weighted by molar-refractivity contribution is -0.150. The molecule has 31 heavy (non-hydrogen) atoms. The molecule has 0 saturated heterocycles. The minimum Gasteiger partial charge on any atom is -0.461 e. The first-order valence-corrected chi connectivity index (χ1v) is 11.2. The van der Waals surface area contributed by atoms with Crippen molar-refractivity contribution in [1.82, 2.24) is 10.6 Å². The Morgan fingerprint density at radius 2 is 1.52 bits per heavy atom. The van der Waals surface area contributed by atoms with Crippen LogP contribution in [0, 0.1) is 11.8 Å². The maximum absolute atomic E-state index is 13.0. The number of esters is 1. The van der Waals surface area contributed by atoms with E-state index in [1.807, 2.05) is 51.1 Å². The van der Waals surface area contributed by atoms with Gasteiger partial charge in [-0.05, 0) is 52.0 Å². The molecule has 170 valence electrons. The van der Waals surface area contributed by atoms with Crippen LogP contribution in [-0.4, -0.2) is 35.7 Å². The lowest BCUT2D eigenvalue weighted by Crippen LogP contribution is -2.49. The smallest absolute Gasteiger partial charge is 0.407 e. The van der Waals surface area contributed by atoms with E-state index in [-0.39, 0.29) is 42.4 Å². The van der Waals surface area contributed by atoms with Gasteiger partial charge in [-0.25, -0.2) is 4.79 Å². The molecular formula is C24H34N2O5. The van der Waals surface area contributed by atoms with Crippen LogP contribution in [0.25, 0.3) is 0 Å². The van der Waals surface area contributed by atoms with Gasteiger partial charge in [-0.2, -0.15) is 0 Å². The molecule has 0 spiro atoms. The zero-order valence-corrected chi connectivity index (χ0v) is 18.7. The normalized spacial score (nSPS) is 25.6. The maximum atomic E-state index is 13.0. The van der Waals surface area contributed by atoms with Crippen molar-refractivity contribution in [1.29, 1.82) is 0 Å². The number of carbonyl (C=O) groups excluding carboxylic acids is 3. The third kappa shape index (κ3) is 6.71. The van der Waals surface area contributed by atoms with E-state index in [4.69, 9.17) is 9.47 Å². The fraction of sp³-hybridized carbons (Fsp3) is 0.625. The number of amides is 2. The van der Waals surface area contributed by atoms with Crippen molar-refractivity contribution in [2.75, 3.05) is 0 Å². The Bertz CT molecular complexity index is 774. The molecular weight excluding hydrogens is 396 g/mol. The second kappa shape index (κ2) is 10.2. The standard InChI is InChI=1S/C24H34N2O5/c1-24(2,3)31-23(29)26-19-13-7-11-17(19)21(27)25-20-14-8-12-18(20)22(28)30-15-16-9-5-4-6-10-16/h4-6,9-10,17-20H,7-8,11-15H2,1-3H3,(H,25,27)(H,26,29)/t17-,18-,19-,20-/m1/s1. The van der Waals surface area contributed by atoms with E-state index in [1.54, 1.807) is 0 Å². The molecule has 0 unspecified atom stereocenters. The molecule has 0 heterocycles. The average Bonchev–Trinajstić information content (AvgIpc) is 3.35. The molecule has 3 rings (SSSR count). The van der Waals surface area contributed by atoms with E-state index < -0.39 is 11.7 Å². The Labute approximate surface area is 184 Å². The predicted octanol–water partition coefficient (Wildman–Crippen LogP) is 3.71. The first-order chi connectivity index (χ1) is 14.7. The van der Waals surface area contributed by atoms with Gasteiger partial charge in [-0.1, -0.05) is 43.2 Å². The van der Waals surface area contributed by atoms with E-state index in [0.29, 0.717) is 12.8 Å². The van der Waals surface area contributed by atoms with Gasteiger partial charge in [-0.3, -0.25) is 9.59 Å². The van der Waals surface area contributed by atoms with Crippen molar-refractivity contribution in [3.63, 3.8) is 0 Å². The molecule has 2 fully saturated rings. The monoisotopic (exact) mass is 430 g/mol. The Morgan fingerprint density at radius 1 is 0.903 bits per heavy atom. The molecule has 2 saturated carbocycles. The van der Waals surface area contributed by atoms with Gasteiger partial charge in [0.25, 0.3) is 0 Å². The third-order valence-electron chi connectivity index (χ3n) is 5.93. The highest BCUT2D eigenvalue weighted by Gasteiger charge is 2.40. The summed E-state index contributed by atoms with van der Waals surface area (Å²) in [6.45, 7) is 5.66. The zero-order valence-electron chi connectivity index (χ0n) is 18.7. The molecule has 7 nitrogen and oxygen atoms in total. The van der Waals surface area contributed by atoms with Crippen LogP contribution in [0.1, 0.15) is 64.9 Å². The lowest BCUT2D eigenvalue weighted by Gasteiger charge is -2.26. The van der Waals surface area contributed by atoms with Crippen molar-refractivity contribution in [3.8, 4) is 0 Å². The number of alkyl carbamates (subject to hydrolysis) is 1. The van der Waals surface area contributed by atoms with Crippen LogP contribution in [0.5, 0.6) is 0 Å². The van der Waals surface area contributed by atoms with Crippen molar-refractivity contribution in [2.24, 2.45) is 11.8 Å². The number of nitrogens with one attached hydrogen (secondary N) is 2. The van der Waals surface area contributed by atoms with Crippen molar-refractivity contribution in [3.05, 3.63) is 35.9 Å². The Balaban J connectivity index is 1.52. The van der Waals surface area contributed by atoms with Crippen LogP contribution in [0.4, 0.5) is 4.79 Å². The highest BCUT2D eigenvalue weighted by molar-refractivity contribution is 5.82. The van der Waals surface area contributed by atoms with Crippen LogP contribution < -0.4 is 10.6 Å². The molecule has 2 amide bonds. The second-order valence-electron chi connectivity index (χ2n) is 9.54. The van der Waals surface area contributed by atoms with E-state index in [9.17, 15) is 14.4 Å². The van der Waals surface area contributed by atoms with Gasteiger partial charge in [0.05, 0.1) is 11.8 Å². The van der Waals surface area contributed by atoms with Crippen molar-refractivity contribution in [2.45, 2.75) is 83.6 Å². The summed E-state index contributed by atoms with van der Waals surface area (Å²) in [6.07, 6.45) is 4.16. The second-order valence-corrected chi connectivity index (χ2v) is 9.54. The SMILES string of the molecule is CC(C)(C)OC(=O)N[C@@H]1CCC[C@H]1C(=O)N[C@@H]1CCC[C@H]1C(=O)OCc1ccccc1. The highest BCUT2D eigenvalue weighted by Crippen LogP contribution is 2.30. The molecule has 1 aromatic carbocycles. The van der Waals surface area contributed by atoms with Crippen LogP contribution in [-0.2, 0) is 25.7 Å². The van der Waals surface area contributed by atoms with E-state index in [1.165, 1.54) is 0 Å². The van der Waals surface area contributed by atoms with Gasteiger partial charge in [0.1, 0.15) is 12.2 Å². The summed E-state index contributed by atoms with van der Waals surface area (Å²) in [5.74, 6) is -1.01. The van der Waals surface area contributed by atoms with Gasteiger partial charge >= 0.3 is 12.1 Å². The number of ether oxygens (including phenoxy) is 2. The fourth-order valence-electron chi connectivity index (χ4n) is 4.45. The molecule has 4 atom stereocenters. The van der Waals surface area contributed by atoms with Gasteiger partial charge in [0.2, 0.25) is 5.91 Å². The summed E-state index contributed by atoms with van der Waals surface area (Å²) < 4.78 is 10.8. The number of hydrogen-bond acceptors (Lipinski definition) is 5. The Kier molecular flexibility index (Phi) is 7.57. The molecule has 0 radical (unpaired) electrons. The van der Waals surface area contributed by atoms with E-state index >= 15 is 0 Å². The fourth-order valence-corrected chi connectivity index (χ4v) is 4.45. The number of carbonyl (C=O) groups is 3. The van der Waals surface area contributed by atoms with Crippen LogP contribution in [0.3, 0.4) is 0 Å². The minimum absolute atomic E-state index is 0.105. The molecule has 2 aliphatic rings. The largest absolute Gasteiger partial charge is 0.461 e. The number of hydrogen-bond donors (Lipinski definition) is 2. The minimum atomic E-state index is -0.586. The van der Waals surface area contributed by atoms with E-state index in [2.05, 4.69) is 10.6 Å². The third-order valence-corrected chi connectivity index (χ3v) is 5.93. The van der Waals surface area contributed by atoms with Crippen molar-refractivity contribution >= 4 is 18.0 Å². The topological polar surface area (TPSA) is 93.7 Å². The summed E-state index contributed by atoms with van der Waals surface area (Å²) in [7, 11) is 0. The maximum Gasteiger partial charge on any atom is 0.407 e. The molecule has 1 aromatic rings. The first-order valence-electron chi connectivity index (χ1n) is 11.2. The van der Waals surface area contributed by atoms with Gasteiger partial charge in [0.15, 0.2) is 0 Å². The Morgan fingerprint density at radius 3 is 2.16 bits per heavy atom. The molecule has 7 heteroatoms. The summed E-state index contributed by atoms with van der Waals surface area (Å²) in [5, 5.41) is 5.92. The van der Waals surface area contributed by atoms with Gasteiger partial charge < -0.3 is 20.1 Å². The van der Waals surface area contributed by atoms with Crippen LogP contribution in [0.15, 0.2) is 30.3 Å². The molecule has 2 N–H and O–H groups in total. The average molecular weight is 431 g/mol. The van der Waals surface area contributed by atoms with Crippen LogP contribution >= 0.6 is 0 Å². The summed E-state index contributed by atoms with van der Waals surface area (Å²) >= 11 is 0. The Hall–Kier alpha value is -2.57. The number of rotatable bonds is 6. The molecule has 0 aliphatic heterocycles. The van der Waals surface area contributed by atoms with Gasteiger partial charge in [0, 0.05) is 12.1 Å². The predicted molar refractivity (Wildman–Crippen MR) is 116 cm³/mol. The first kappa shape index (κ1) is 23.1. The lowest BCUT2D eigenvalue weighted by atomic mass is 9.99. The summed E-state index contributed by atoms with van der Waals surface area (Å²) in [5.41, 5.74) is 0.355. The van der Waals surface area contributed by atoms with Gasteiger partial charge in [-0.15, -0.1) is 0 Å². The highest BCUT2D eigenvalue weighted by atomic mass is 16.6. The van der Waals surface area contributed by atoms with Crippen molar-refractivity contribution < 1.29 is 23.9 Å². The molecule has 0 bridgehead atoms. The molecule has 0 aromatic heterocycles. The summed E-state index contributed by atoms with van der Waals surface area (Å²) in [6, 6.07) is 9.09. The van der Waals surface area contributed by atoms with E-state index in [0.717, 1.165) is 31.2 Å². The summed E-state index contributed by atoms with van der Waals surface area (Å²) in [4.78, 5) is 37.7.